The van der Waals surface area contributed by atoms with Gasteiger partial charge < -0.3 is 10.1 Å². The highest BCUT2D eigenvalue weighted by molar-refractivity contribution is 5.66. The fourth-order valence-corrected chi connectivity index (χ4v) is 2.03. The van der Waals surface area contributed by atoms with E-state index in [0.29, 0.717) is 13.2 Å². The van der Waals surface area contributed by atoms with Crippen LogP contribution < -0.4 is 5.32 Å². The molecule has 0 atom stereocenters. The summed E-state index contributed by atoms with van der Waals surface area (Å²) in [4.78, 5) is 11.1. The minimum Gasteiger partial charge on any atom is -0.450 e. The number of carbonyl (C=O) groups is 1. The van der Waals surface area contributed by atoms with Crippen molar-refractivity contribution in [2.45, 2.75) is 84.5 Å². The Morgan fingerprint density at radius 3 is 1.84 bits per heavy atom. The van der Waals surface area contributed by atoms with Gasteiger partial charge in [0, 0.05) is 6.54 Å². The van der Waals surface area contributed by atoms with Crippen molar-refractivity contribution < 1.29 is 9.53 Å². The molecule has 0 fully saturated rings. The van der Waals surface area contributed by atoms with Crippen molar-refractivity contribution in [3.8, 4) is 0 Å². The number of rotatable bonds is 13. The van der Waals surface area contributed by atoms with Crippen LogP contribution in [0.25, 0.3) is 0 Å². The normalized spacial score (nSPS) is 10.4. The van der Waals surface area contributed by atoms with Crippen molar-refractivity contribution in [3.05, 3.63) is 0 Å². The highest BCUT2D eigenvalue weighted by atomic mass is 16.5. The van der Waals surface area contributed by atoms with Gasteiger partial charge in [-0.15, -0.1) is 0 Å². The minimum absolute atomic E-state index is 0.266. The standard InChI is InChI=1S/C16H33NO2/c1-3-5-6-7-8-9-10-11-12-13-15-19-16(18)17-14-4-2/h3-15H2,1-2H3,(H,17,18). The highest BCUT2D eigenvalue weighted by Gasteiger charge is 1.99. The highest BCUT2D eigenvalue weighted by Crippen LogP contribution is 2.10. The summed E-state index contributed by atoms with van der Waals surface area (Å²) in [7, 11) is 0. The second kappa shape index (κ2) is 15.3. The van der Waals surface area contributed by atoms with Crippen LogP contribution in [0.2, 0.25) is 0 Å². The molecule has 0 aliphatic heterocycles. The van der Waals surface area contributed by atoms with Crippen molar-refractivity contribution in [2.24, 2.45) is 0 Å². The van der Waals surface area contributed by atoms with Crippen molar-refractivity contribution in [1.29, 1.82) is 0 Å². The quantitative estimate of drug-likeness (QED) is 0.476. The van der Waals surface area contributed by atoms with Crippen LogP contribution in [0.3, 0.4) is 0 Å². The Kier molecular flexibility index (Phi) is 14.7. The molecule has 1 amide bonds. The van der Waals surface area contributed by atoms with Gasteiger partial charge in [-0.1, -0.05) is 71.6 Å². The van der Waals surface area contributed by atoms with Gasteiger partial charge in [-0.25, -0.2) is 4.79 Å². The van der Waals surface area contributed by atoms with E-state index in [0.717, 1.165) is 12.8 Å². The molecule has 0 bridgehead atoms. The van der Waals surface area contributed by atoms with E-state index in [-0.39, 0.29) is 6.09 Å². The molecule has 0 saturated heterocycles. The lowest BCUT2D eigenvalue weighted by molar-refractivity contribution is 0.144. The van der Waals surface area contributed by atoms with E-state index in [1.54, 1.807) is 0 Å². The number of unbranched alkanes of at least 4 members (excludes halogenated alkanes) is 9. The van der Waals surface area contributed by atoms with Crippen LogP contribution in [-0.2, 0) is 4.74 Å². The summed E-state index contributed by atoms with van der Waals surface area (Å²) in [5.41, 5.74) is 0. The number of hydrogen-bond donors (Lipinski definition) is 1. The van der Waals surface area contributed by atoms with Crippen molar-refractivity contribution in [1.82, 2.24) is 5.32 Å². The lowest BCUT2D eigenvalue weighted by Crippen LogP contribution is -2.25. The maximum atomic E-state index is 11.1. The Balaban J connectivity index is 3.04. The van der Waals surface area contributed by atoms with E-state index >= 15 is 0 Å². The summed E-state index contributed by atoms with van der Waals surface area (Å²) in [6.07, 6.45) is 13.7. The molecule has 0 saturated carbocycles. The molecule has 0 aromatic heterocycles. The van der Waals surface area contributed by atoms with E-state index in [4.69, 9.17) is 4.74 Å². The van der Waals surface area contributed by atoms with Crippen LogP contribution in [0.1, 0.15) is 84.5 Å². The van der Waals surface area contributed by atoms with E-state index in [2.05, 4.69) is 12.2 Å². The van der Waals surface area contributed by atoms with Gasteiger partial charge >= 0.3 is 6.09 Å². The topological polar surface area (TPSA) is 38.3 Å². The van der Waals surface area contributed by atoms with E-state index in [9.17, 15) is 4.79 Å². The van der Waals surface area contributed by atoms with Gasteiger partial charge in [0.15, 0.2) is 0 Å². The number of ether oxygens (including phenoxy) is 1. The first-order valence-electron chi connectivity index (χ1n) is 8.21. The zero-order valence-corrected chi connectivity index (χ0v) is 13.0. The lowest BCUT2D eigenvalue weighted by Gasteiger charge is -2.06. The second-order valence-corrected chi connectivity index (χ2v) is 5.24. The molecule has 0 aliphatic carbocycles. The van der Waals surface area contributed by atoms with Gasteiger partial charge in [0.2, 0.25) is 0 Å². The summed E-state index contributed by atoms with van der Waals surface area (Å²) in [5, 5.41) is 2.71. The third kappa shape index (κ3) is 15.2. The zero-order valence-electron chi connectivity index (χ0n) is 13.0. The Bertz CT molecular complexity index is 195. The third-order valence-electron chi connectivity index (χ3n) is 3.25. The van der Waals surface area contributed by atoms with Gasteiger partial charge in [-0.2, -0.15) is 0 Å². The van der Waals surface area contributed by atoms with Crippen molar-refractivity contribution in [3.63, 3.8) is 0 Å². The molecule has 0 unspecified atom stereocenters. The minimum atomic E-state index is -0.266. The van der Waals surface area contributed by atoms with Crippen LogP contribution in [0.5, 0.6) is 0 Å². The predicted molar refractivity (Wildman–Crippen MR) is 81.5 cm³/mol. The number of nitrogens with one attached hydrogen (secondary N) is 1. The maximum absolute atomic E-state index is 11.1. The molecule has 0 aromatic rings. The molecule has 0 spiro atoms. The number of carbonyl (C=O) groups excluding carboxylic acids is 1. The van der Waals surface area contributed by atoms with Crippen molar-refractivity contribution in [2.75, 3.05) is 13.2 Å². The monoisotopic (exact) mass is 271 g/mol. The molecule has 3 heteroatoms. The summed E-state index contributed by atoms with van der Waals surface area (Å²) < 4.78 is 5.07. The van der Waals surface area contributed by atoms with Gasteiger partial charge in [-0.3, -0.25) is 0 Å². The molecule has 0 radical (unpaired) electrons. The fourth-order valence-electron chi connectivity index (χ4n) is 2.03. The van der Waals surface area contributed by atoms with Crippen LogP contribution in [0, 0.1) is 0 Å². The first-order valence-corrected chi connectivity index (χ1v) is 8.21. The molecule has 0 heterocycles. The Morgan fingerprint density at radius 1 is 0.789 bits per heavy atom. The van der Waals surface area contributed by atoms with Crippen LogP contribution in [0.4, 0.5) is 4.79 Å². The number of hydrogen-bond acceptors (Lipinski definition) is 2. The third-order valence-corrected chi connectivity index (χ3v) is 3.25. The first-order chi connectivity index (χ1) is 9.31. The Hall–Kier alpha value is -0.730. The van der Waals surface area contributed by atoms with Gasteiger partial charge in [-0.05, 0) is 12.8 Å². The Labute approximate surface area is 119 Å². The van der Waals surface area contributed by atoms with Crippen LogP contribution in [-0.4, -0.2) is 19.2 Å². The molecule has 0 rings (SSSR count). The average molecular weight is 271 g/mol. The smallest absolute Gasteiger partial charge is 0.407 e. The molecule has 19 heavy (non-hydrogen) atoms. The molecular formula is C16H33NO2. The molecule has 114 valence electrons. The average Bonchev–Trinajstić information content (AvgIpc) is 2.42. The maximum Gasteiger partial charge on any atom is 0.407 e. The summed E-state index contributed by atoms with van der Waals surface area (Å²) >= 11 is 0. The van der Waals surface area contributed by atoms with E-state index in [1.807, 2.05) is 6.92 Å². The Morgan fingerprint density at radius 2 is 1.32 bits per heavy atom. The summed E-state index contributed by atoms with van der Waals surface area (Å²) in [5.74, 6) is 0. The number of alkyl carbamates (subject to hydrolysis) is 1. The molecule has 0 aromatic carbocycles. The second-order valence-electron chi connectivity index (χ2n) is 5.24. The van der Waals surface area contributed by atoms with Gasteiger partial charge in [0.25, 0.3) is 0 Å². The lowest BCUT2D eigenvalue weighted by atomic mass is 10.1. The summed E-state index contributed by atoms with van der Waals surface area (Å²) in [6, 6.07) is 0. The molecule has 3 nitrogen and oxygen atoms in total. The number of amides is 1. The fraction of sp³-hybridized carbons (Fsp3) is 0.938. The van der Waals surface area contributed by atoms with E-state index in [1.165, 1.54) is 57.8 Å². The summed E-state index contributed by atoms with van der Waals surface area (Å²) in [6.45, 7) is 5.55. The SMILES string of the molecule is CCCCCCCCCCCCOC(=O)NCCC. The van der Waals surface area contributed by atoms with Crippen LogP contribution in [0.15, 0.2) is 0 Å². The molecule has 0 aliphatic rings. The van der Waals surface area contributed by atoms with E-state index < -0.39 is 0 Å². The van der Waals surface area contributed by atoms with Gasteiger partial charge in [0.05, 0.1) is 6.61 Å². The zero-order chi connectivity index (χ0) is 14.2. The molecular weight excluding hydrogens is 238 g/mol. The largest absolute Gasteiger partial charge is 0.450 e. The molecule has 1 N–H and O–H groups in total. The van der Waals surface area contributed by atoms with Crippen molar-refractivity contribution >= 4 is 6.09 Å². The first kappa shape index (κ1) is 18.3. The predicted octanol–water partition coefficient (Wildman–Crippen LogP) is 5.04. The van der Waals surface area contributed by atoms with Crippen LogP contribution >= 0.6 is 0 Å². The van der Waals surface area contributed by atoms with Gasteiger partial charge in [0.1, 0.15) is 0 Å².